The molecule has 1 aliphatic carbocycles. The molecule has 0 amide bonds. The van der Waals surface area contributed by atoms with Crippen LogP contribution in [0.25, 0.3) is 5.95 Å². The lowest BCUT2D eigenvalue weighted by Gasteiger charge is -2.29. The second kappa shape index (κ2) is 6.10. The topological polar surface area (TPSA) is 64.9 Å². The average molecular weight is 323 g/mol. The lowest BCUT2D eigenvalue weighted by molar-refractivity contribution is -0.0361. The molecule has 8 heteroatoms. The Kier molecular flexibility index (Phi) is 4.14. The minimum atomic E-state index is -2.54. The van der Waals surface area contributed by atoms with Crippen molar-refractivity contribution in [2.24, 2.45) is 0 Å². The molecule has 1 fully saturated rings. The fraction of sp³-hybridized carbons (Fsp3) is 0.533. The Bertz CT molecular complexity index is 678. The molecule has 1 aliphatic rings. The highest BCUT2D eigenvalue weighted by molar-refractivity contribution is 5.42. The normalized spacial score (nSPS) is 17.9. The number of nitrogens with one attached hydrogen (secondary N) is 1. The quantitative estimate of drug-likeness (QED) is 0.937. The van der Waals surface area contributed by atoms with Gasteiger partial charge in [0, 0.05) is 31.1 Å². The average Bonchev–Trinajstić information content (AvgIpc) is 2.96. The van der Waals surface area contributed by atoms with Crippen molar-refractivity contribution in [3.05, 3.63) is 24.0 Å². The van der Waals surface area contributed by atoms with Crippen LogP contribution in [0.15, 0.2) is 18.3 Å². The first kappa shape index (κ1) is 15.6. The molecule has 23 heavy (non-hydrogen) atoms. The minimum Gasteiger partial charge on any atom is -0.481 e. The van der Waals surface area contributed by atoms with Crippen LogP contribution < -0.4 is 10.1 Å². The van der Waals surface area contributed by atoms with Crippen molar-refractivity contribution < 1.29 is 13.5 Å². The Balaban J connectivity index is 1.79. The maximum Gasteiger partial charge on any atom is 0.255 e. The number of aromatic nitrogens is 4. The first-order chi connectivity index (χ1) is 10.9. The third-order valence-corrected chi connectivity index (χ3v) is 3.90. The maximum atomic E-state index is 13.2. The number of aryl methyl sites for hydroxylation is 1. The number of anilines is 1. The van der Waals surface area contributed by atoms with Crippen molar-refractivity contribution in [2.45, 2.75) is 44.6 Å². The number of nitrogens with zero attached hydrogens (tertiary/aromatic N) is 4. The third-order valence-electron chi connectivity index (χ3n) is 3.90. The third kappa shape index (κ3) is 3.75. The smallest absolute Gasteiger partial charge is 0.255 e. The van der Waals surface area contributed by atoms with Gasteiger partial charge >= 0.3 is 0 Å². The van der Waals surface area contributed by atoms with Crippen molar-refractivity contribution in [3.8, 4) is 11.8 Å². The summed E-state index contributed by atoms with van der Waals surface area (Å²) < 4.78 is 33.2. The van der Waals surface area contributed by atoms with Crippen LogP contribution in [0.1, 0.15) is 31.4 Å². The van der Waals surface area contributed by atoms with Crippen molar-refractivity contribution in [1.82, 2.24) is 19.7 Å². The summed E-state index contributed by atoms with van der Waals surface area (Å²) in [5.74, 6) is -1.22. The molecular weight excluding hydrogens is 304 g/mol. The Morgan fingerprint density at radius 2 is 2.04 bits per heavy atom. The van der Waals surface area contributed by atoms with Crippen molar-refractivity contribution in [2.75, 3.05) is 12.4 Å². The summed E-state index contributed by atoms with van der Waals surface area (Å²) in [4.78, 5) is 8.66. The molecule has 0 unspecified atom stereocenters. The Labute approximate surface area is 132 Å². The monoisotopic (exact) mass is 323 g/mol. The van der Waals surface area contributed by atoms with Crippen LogP contribution >= 0.6 is 0 Å². The highest BCUT2D eigenvalue weighted by Gasteiger charge is 2.35. The van der Waals surface area contributed by atoms with Gasteiger partial charge in [-0.05, 0) is 25.8 Å². The molecule has 0 radical (unpaired) electrons. The lowest BCUT2D eigenvalue weighted by atomic mass is 9.92. The molecule has 0 saturated heterocycles. The van der Waals surface area contributed by atoms with Gasteiger partial charge in [0.05, 0.1) is 12.8 Å². The van der Waals surface area contributed by atoms with Gasteiger partial charge in [0.2, 0.25) is 11.8 Å². The van der Waals surface area contributed by atoms with Crippen molar-refractivity contribution >= 4 is 5.82 Å². The van der Waals surface area contributed by atoms with Crippen LogP contribution in [-0.4, -0.2) is 38.8 Å². The van der Waals surface area contributed by atoms with Crippen LogP contribution in [0.2, 0.25) is 0 Å². The molecular formula is C15H19F2N5O. The highest BCUT2D eigenvalue weighted by atomic mass is 19.3. The van der Waals surface area contributed by atoms with E-state index in [-0.39, 0.29) is 18.9 Å². The van der Waals surface area contributed by atoms with Crippen LogP contribution in [-0.2, 0) is 0 Å². The molecule has 0 aromatic carbocycles. The molecule has 124 valence electrons. The van der Waals surface area contributed by atoms with Crippen LogP contribution in [0.5, 0.6) is 5.88 Å². The van der Waals surface area contributed by atoms with E-state index in [4.69, 9.17) is 4.74 Å². The number of methoxy groups -OCH3 is 1. The predicted molar refractivity (Wildman–Crippen MR) is 81.3 cm³/mol. The van der Waals surface area contributed by atoms with E-state index >= 15 is 0 Å². The summed E-state index contributed by atoms with van der Waals surface area (Å²) in [6.07, 6.45) is 2.39. The summed E-state index contributed by atoms with van der Waals surface area (Å²) in [5.41, 5.74) is 0.848. The first-order valence-corrected chi connectivity index (χ1v) is 7.55. The molecule has 0 spiro atoms. The van der Waals surface area contributed by atoms with E-state index in [0.717, 1.165) is 5.69 Å². The lowest BCUT2D eigenvalue weighted by Crippen LogP contribution is -2.32. The van der Waals surface area contributed by atoms with E-state index in [0.29, 0.717) is 30.5 Å². The Morgan fingerprint density at radius 3 is 2.65 bits per heavy atom. The molecule has 2 heterocycles. The number of rotatable bonds is 4. The van der Waals surface area contributed by atoms with Gasteiger partial charge in [0.1, 0.15) is 5.82 Å². The molecule has 0 aliphatic heterocycles. The van der Waals surface area contributed by atoms with E-state index in [1.807, 2.05) is 13.0 Å². The summed E-state index contributed by atoms with van der Waals surface area (Å²) in [6.45, 7) is 1.87. The maximum absolute atomic E-state index is 13.2. The van der Waals surface area contributed by atoms with E-state index in [2.05, 4.69) is 20.4 Å². The second-order valence-corrected chi connectivity index (χ2v) is 5.77. The largest absolute Gasteiger partial charge is 0.481 e. The molecule has 0 bridgehead atoms. The standard InChI is InChI=1S/C15H19F2N5O/c1-10-5-8-22(21-10)14-19-12(9-13(20-14)23-2)18-11-3-6-15(16,17)7-4-11/h5,8-9,11H,3-4,6-7H2,1-2H3,(H,18,19,20). The molecule has 6 nitrogen and oxygen atoms in total. The number of ether oxygens (including phenoxy) is 1. The zero-order valence-corrected chi connectivity index (χ0v) is 13.1. The van der Waals surface area contributed by atoms with Gasteiger partial charge < -0.3 is 10.1 Å². The molecule has 0 atom stereocenters. The van der Waals surface area contributed by atoms with Crippen LogP contribution in [0.3, 0.4) is 0 Å². The van der Waals surface area contributed by atoms with Gasteiger partial charge in [0.15, 0.2) is 0 Å². The SMILES string of the molecule is COc1cc(NC2CCC(F)(F)CC2)nc(-n2ccc(C)n2)n1. The summed E-state index contributed by atoms with van der Waals surface area (Å²) in [7, 11) is 1.52. The second-order valence-electron chi connectivity index (χ2n) is 5.77. The van der Waals surface area contributed by atoms with Gasteiger partial charge in [-0.2, -0.15) is 15.1 Å². The van der Waals surface area contributed by atoms with E-state index in [1.54, 1.807) is 16.9 Å². The van der Waals surface area contributed by atoms with E-state index in [1.165, 1.54) is 7.11 Å². The number of halogens is 2. The molecule has 2 aromatic rings. The van der Waals surface area contributed by atoms with Crippen molar-refractivity contribution in [3.63, 3.8) is 0 Å². The molecule has 1 N–H and O–H groups in total. The predicted octanol–water partition coefficient (Wildman–Crippen LogP) is 2.97. The fourth-order valence-electron chi connectivity index (χ4n) is 2.61. The fourth-order valence-corrected chi connectivity index (χ4v) is 2.61. The Morgan fingerprint density at radius 1 is 1.30 bits per heavy atom. The van der Waals surface area contributed by atoms with Gasteiger partial charge in [-0.3, -0.25) is 0 Å². The van der Waals surface area contributed by atoms with Gasteiger partial charge in [0.25, 0.3) is 5.95 Å². The first-order valence-electron chi connectivity index (χ1n) is 7.55. The summed E-state index contributed by atoms with van der Waals surface area (Å²) in [5, 5.41) is 7.48. The van der Waals surface area contributed by atoms with Gasteiger partial charge in [-0.15, -0.1) is 0 Å². The van der Waals surface area contributed by atoms with Gasteiger partial charge in [-0.1, -0.05) is 0 Å². The van der Waals surface area contributed by atoms with Crippen molar-refractivity contribution in [1.29, 1.82) is 0 Å². The van der Waals surface area contributed by atoms with Crippen LogP contribution in [0.4, 0.5) is 14.6 Å². The summed E-state index contributed by atoms with van der Waals surface area (Å²) >= 11 is 0. The zero-order valence-electron chi connectivity index (χ0n) is 13.1. The molecule has 1 saturated carbocycles. The number of hydrogen-bond acceptors (Lipinski definition) is 5. The molecule has 3 rings (SSSR count). The van der Waals surface area contributed by atoms with Crippen LogP contribution in [0, 0.1) is 6.92 Å². The number of alkyl halides is 2. The number of hydrogen-bond donors (Lipinski definition) is 1. The minimum absolute atomic E-state index is 0.0264. The van der Waals surface area contributed by atoms with Gasteiger partial charge in [-0.25, -0.2) is 13.5 Å². The van der Waals surface area contributed by atoms with E-state index in [9.17, 15) is 8.78 Å². The van der Waals surface area contributed by atoms with E-state index < -0.39 is 5.92 Å². The highest BCUT2D eigenvalue weighted by Crippen LogP contribution is 2.34. The molecule has 2 aromatic heterocycles. The Hall–Kier alpha value is -2.25. The zero-order chi connectivity index (χ0) is 16.4. The summed E-state index contributed by atoms with van der Waals surface area (Å²) in [6, 6.07) is 3.48.